The van der Waals surface area contributed by atoms with Gasteiger partial charge in [-0.2, -0.15) is 0 Å². The monoisotopic (exact) mass is 104 g/mol. The third-order valence-electron chi connectivity index (χ3n) is 0.577. The Bertz CT molecular complexity index is 44.0. The Labute approximate surface area is 45.8 Å². The highest BCUT2D eigenvalue weighted by Gasteiger charge is 1.60. The van der Waals surface area contributed by atoms with Crippen molar-refractivity contribution < 1.29 is 0 Å². The van der Waals surface area contributed by atoms with Gasteiger partial charge in [-0.1, -0.05) is 11.6 Å². The molecule has 0 aromatic carbocycles. The summed E-state index contributed by atoms with van der Waals surface area (Å²) < 4.78 is 0. The number of hydrogen-bond acceptors (Lipinski definition) is 2. The lowest BCUT2D eigenvalue weighted by Crippen LogP contribution is -1.52. The second kappa shape index (κ2) is 9.18. The van der Waals surface area contributed by atoms with E-state index in [1.54, 1.807) is 0 Å². The molecule has 0 aliphatic heterocycles. The topological polar surface area (TPSA) is 70.0 Å². The highest BCUT2D eigenvalue weighted by Crippen LogP contribution is 1.82. The Morgan fingerprint density at radius 2 is 1.29 bits per heavy atom. The van der Waals surface area contributed by atoms with E-state index in [0.29, 0.717) is 0 Å². The molecule has 0 fully saturated rings. The van der Waals surface area contributed by atoms with Crippen LogP contribution in [0, 0.1) is 0 Å². The molecule has 46 valence electrons. The molecule has 0 atom stereocenters. The molecule has 0 unspecified atom stereocenters. The lowest BCUT2D eigenvalue weighted by molar-refractivity contribution is 1.36. The van der Waals surface area contributed by atoms with Crippen LogP contribution >= 0.6 is 0 Å². The normalized spacial score (nSPS) is 5.00. The van der Waals surface area contributed by atoms with Gasteiger partial charge in [-0.3, -0.25) is 0 Å². The summed E-state index contributed by atoms with van der Waals surface area (Å²) in [5, 5.41) is 0. The first kappa shape index (κ1) is 15.9. The van der Waals surface area contributed by atoms with E-state index >= 15 is 0 Å². The predicted molar refractivity (Wildman–Crippen MR) is 35.1 cm³/mol. The maximum absolute atomic E-state index is 2.08. The number of rotatable bonds is 0. The first-order valence-corrected chi connectivity index (χ1v) is 1.87. The molecule has 0 aromatic rings. The Kier molecular flexibility index (Phi) is 20.9. The molecule has 7 heavy (non-hydrogen) atoms. The summed E-state index contributed by atoms with van der Waals surface area (Å²) in [6.07, 6.45) is 2.08. The maximum Gasteiger partial charge on any atom is -0.0442 e. The lowest BCUT2D eigenvalue weighted by atomic mass is 10.3. The van der Waals surface area contributed by atoms with Crippen LogP contribution in [0.25, 0.3) is 0 Å². The van der Waals surface area contributed by atoms with Crippen molar-refractivity contribution >= 4 is 0 Å². The zero-order chi connectivity index (χ0) is 4.28. The summed E-state index contributed by atoms with van der Waals surface area (Å²) in [6.45, 7) is 6.20. The van der Waals surface area contributed by atoms with Crippen LogP contribution in [0.3, 0.4) is 0 Å². The standard InChI is InChI=1S/C5H10.2H3N/c1-4-5(2)3;;/h4H,1-3H3;2*1H3. The largest absolute Gasteiger partial charge is 0.344 e. The van der Waals surface area contributed by atoms with Gasteiger partial charge in [0.1, 0.15) is 0 Å². The summed E-state index contributed by atoms with van der Waals surface area (Å²) in [7, 11) is 0. The van der Waals surface area contributed by atoms with Crippen LogP contribution in [0.2, 0.25) is 0 Å². The zero-order valence-corrected chi connectivity index (χ0v) is 5.49. The molecule has 0 aliphatic carbocycles. The van der Waals surface area contributed by atoms with Gasteiger partial charge in [0.05, 0.1) is 0 Å². The van der Waals surface area contributed by atoms with Crippen molar-refractivity contribution in [3.8, 4) is 0 Å². The molecule has 0 rings (SSSR count). The van der Waals surface area contributed by atoms with Crippen molar-refractivity contribution in [2.75, 3.05) is 0 Å². The molecule has 0 radical (unpaired) electrons. The molecule has 0 saturated carbocycles. The van der Waals surface area contributed by atoms with Crippen LogP contribution in [0.5, 0.6) is 0 Å². The summed E-state index contributed by atoms with van der Waals surface area (Å²) in [6, 6.07) is 0. The molecule has 0 aliphatic rings. The average Bonchev–Trinajstić information content (AvgIpc) is 1.38. The van der Waals surface area contributed by atoms with Gasteiger partial charge >= 0.3 is 0 Å². The molecule has 0 heterocycles. The SMILES string of the molecule is CC=C(C)C.N.N. The third-order valence-corrected chi connectivity index (χ3v) is 0.577. The van der Waals surface area contributed by atoms with E-state index in [2.05, 4.69) is 19.9 Å². The Hall–Kier alpha value is -0.340. The van der Waals surface area contributed by atoms with Gasteiger partial charge in [0, 0.05) is 0 Å². The molecule has 0 aromatic heterocycles. The van der Waals surface area contributed by atoms with E-state index in [1.165, 1.54) is 5.57 Å². The third kappa shape index (κ3) is 27.5. The van der Waals surface area contributed by atoms with Gasteiger partial charge in [-0.15, -0.1) is 0 Å². The minimum atomic E-state index is 0. The summed E-state index contributed by atoms with van der Waals surface area (Å²) in [5.74, 6) is 0. The minimum Gasteiger partial charge on any atom is -0.344 e. The van der Waals surface area contributed by atoms with Gasteiger partial charge < -0.3 is 12.3 Å². The summed E-state index contributed by atoms with van der Waals surface area (Å²) >= 11 is 0. The van der Waals surface area contributed by atoms with Crippen molar-refractivity contribution in [3.63, 3.8) is 0 Å². The summed E-state index contributed by atoms with van der Waals surface area (Å²) in [5.41, 5.74) is 1.38. The quantitative estimate of drug-likeness (QED) is 0.463. The van der Waals surface area contributed by atoms with E-state index in [1.807, 2.05) is 6.92 Å². The smallest absolute Gasteiger partial charge is 0.0442 e. The van der Waals surface area contributed by atoms with Crippen LogP contribution in [0.4, 0.5) is 0 Å². The van der Waals surface area contributed by atoms with Crippen LogP contribution in [0.1, 0.15) is 20.8 Å². The van der Waals surface area contributed by atoms with Crippen LogP contribution in [-0.2, 0) is 0 Å². The Morgan fingerprint density at radius 3 is 1.29 bits per heavy atom. The average molecular weight is 104 g/mol. The fourth-order valence-electron chi connectivity index (χ4n) is 0. The molecule has 0 saturated heterocycles. The van der Waals surface area contributed by atoms with Gasteiger partial charge in [-0.25, -0.2) is 0 Å². The second-order valence-corrected chi connectivity index (χ2v) is 1.37. The van der Waals surface area contributed by atoms with Crippen molar-refractivity contribution in [2.24, 2.45) is 0 Å². The molecule has 0 amide bonds. The van der Waals surface area contributed by atoms with Gasteiger partial charge in [0.25, 0.3) is 0 Å². The highest BCUT2D eigenvalue weighted by molar-refractivity contribution is 4.88. The van der Waals surface area contributed by atoms with Crippen molar-refractivity contribution in [2.45, 2.75) is 20.8 Å². The van der Waals surface area contributed by atoms with Crippen LogP contribution < -0.4 is 12.3 Å². The van der Waals surface area contributed by atoms with Gasteiger partial charge in [0.15, 0.2) is 0 Å². The zero-order valence-electron chi connectivity index (χ0n) is 5.49. The first-order chi connectivity index (χ1) is 2.27. The minimum absolute atomic E-state index is 0. The molecule has 0 bridgehead atoms. The van der Waals surface area contributed by atoms with E-state index in [-0.39, 0.29) is 12.3 Å². The van der Waals surface area contributed by atoms with Crippen molar-refractivity contribution in [1.82, 2.24) is 12.3 Å². The molecular weight excluding hydrogens is 88.1 g/mol. The fraction of sp³-hybridized carbons (Fsp3) is 0.600. The van der Waals surface area contributed by atoms with Crippen LogP contribution in [0.15, 0.2) is 11.6 Å². The Morgan fingerprint density at radius 1 is 1.14 bits per heavy atom. The van der Waals surface area contributed by atoms with E-state index < -0.39 is 0 Å². The fourth-order valence-corrected chi connectivity index (χ4v) is 0. The van der Waals surface area contributed by atoms with E-state index in [9.17, 15) is 0 Å². The lowest BCUT2D eigenvalue weighted by Gasteiger charge is -1.74. The van der Waals surface area contributed by atoms with Crippen molar-refractivity contribution in [3.05, 3.63) is 11.6 Å². The number of allylic oxidation sites excluding steroid dienone is 2. The molecule has 0 spiro atoms. The van der Waals surface area contributed by atoms with E-state index in [4.69, 9.17) is 0 Å². The molecule has 2 nitrogen and oxygen atoms in total. The molecular formula is C5H16N2. The maximum atomic E-state index is 2.08. The highest BCUT2D eigenvalue weighted by atomic mass is 14.0. The van der Waals surface area contributed by atoms with Crippen molar-refractivity contribution in [1.29, 1.82) is 0 Å². The molecule has 2 heteroatoms. The van der Waals surface area contributed by atoms with Gasteiger partial charge in [0.2, 0.25) is 0 Å². The molecule has 6 N–H and O–H groups in total. The first-order valence-electron chi connectivity index (χ1n) is 1.87. The summed E-state index contributed by atoms with van der Waals surface area (Å²) in [4.78, 5) is 0. The van der Waals surface area contributed by atoms with Gasteiger partial charge in [-0.05, 0) is 20.8 Å². The van der Waals surface area contributed by atoms with Crippen LogP contribution in [-0.4, -0.2) is 0 Å². The van der Waals surface area contributed by atoms with E-state index in [0.717, 1.165) is 0 Å². The second-order valence-electron chi connectivity index (χ2n) is 1.37. The Balaban J connectivity index is -0.0000000800. The predicted octanol–water partition coefficient (Wildman–Crippen LogP) is 2.30. The number of hydrogen-bond donors (Lipinski definition) is 2.